The normalized spacial score (nSPS) is 10.7. The number of para-hydroxylation sites is 2. The molecule has 0 unspecified atom stereocenters. The first kappa shape index (κ1) is 16.2. The van der Waals surface area contributed by atoms with E-state index in [-0.39, 0.29) is 18.4 Å². The van der Waals surface area contributed by atoms with Crippen LogP contribution in [-0.4, -0.2) is 34.5 Å². The molecule has 0 atom stereocenters. The number of nitrogens with one attached hydrogen (secondary N) is 2. The predicted octanol–water partition coefficient (Wildman–Crippen LogP) is 2.03. The maximum atomic E-state index is 11.7. The van der Waals surface area contributed by atoms with Gasteiger partial charge in [0.2, 0.25) is 5.91 Å². The van der Waals surface area contributed by atoms with Crippen LogP contribution in [0.3, 0.4) is 0 Å². The number of imidazole rings is 1. The third-order valence-electron chi connectivity index (χ3n) is 3.58. The average Bonchev–Trinajstić information content (AvgIpc) is 3.26. The van der Waals surface area contributed by atoms with E-state index in [0.29, 0.717) is 11.4 Å². The van der Waals surface area contributed by atoms with Crippen molar-refractivity contribution in [3.8, 4) is 0 Å². The van der Waals surface area contributed by atoms with E-state index in [0.717, 1.165) is 24.0 Å². The lowest BCUT2D eigenvalue weighted by molar-refractivity contribution is -0.120. The lowest BCUT2D eigenvalue weighted by Crippen LogP contribution is -2.37. The Balaban J connectivity index is 1.37. The zero-order valence-electron chi connectivity index (χ0n) is 13.1. The molecule has 0 saturated carbocycles. The van der Waals surface area contributed by atoms with Crippen molar-refractivity contribution in [2.24, 2.45) is 0 Å². The molecule has 0 radical (unpaired) electrons. The summed E-state index contributed by atoms with van der Waals surface area (Å²) >= 11 is 1.35. The monoisotopic (exact) mass is 342 g/mol. The second-order valence-corrected chi connectivity index (χ2v) is 6.24. The number of hydrogen-bond donors (Lipinski definition) is 2. The van der Waals surface area contributed by atoms with E-state index < -0.39 is 0 Å². The molecule has 0 aliphatic rings. The number of thiophene rings is 1. The van der Waals surface area contributed by atoms with Gasteiger partial charge in [0.15, 0.2) is 0 Å². The van der Waals surface area contributed by atoms with Gasteiger partial charge in [0.05, 0.1) is 28.8 Å². The third-order valence-corrected chi connectivity index (χ3v) is 4.45. The van der Waals surface area contributed by atoms with Crippen LogP contribution in [0.4, 0.5) is 0 Å². The molecule has 3 aromatic rings. The fourth-order valence-electron chi connectivity index (χ4n) is 2.38. The summed E-state index contributed by atoms with van der Waals surface area (Å²) in [5, 5.41) is 7.25. The van der Waals surface area contributed by atoms with Crippen molar-refractivity contribution in [2.75, 3.05) is 13.1 Å². The summed E-state index contributed by atoms with van der Waals surface area (Å²) in [4.78, 5) is 28.4. The molecule has 2 heterocycles. The predicted molar refractivity (Wildman–Crippen MR) is 94.0 cm³/mol. The highest BCUT2D eigenvalue weighted by Crippen LogP contribution is 2.11. The molecule has 6 nitrogen and oxygen atoms in total. The van der Waals surface area contributed by atoms with Gasteiger partial charge in [0.1, 0.15) is 0 Å². The maximum Gasteiger partial charge on any atom is 0.261 e. The number of nitrogens with zero attached hydrogens (tertiary/aromatic N) is 2. The lowest BCUT2D eigenvalue weighted by atomic mass is 10.3. The van der Waals surface area contributed by atoms with E-state index in [2.05, 4.69) is 20.2 Å². The van der Waals surface area contributed by atoms with Crippen LogP contribution in [0, 0.1) is 0 Å². The Morgan fingerprint density at radius 2 is 2.00 bits per heavy atom. The van der Waals surface area contributed by atoms with Crippen molar-refractivity contribution in [1.82, 2.24) is 20.2 Å². The number of rotatable bonds is 7. The van der Waals surface area contributed by atoms with Crippen molar-refractivity contribution >= 4 is 34.2 Å². The van der Waals surface area contributed by atoms with E-state index in [1.165, 1.54) is 11.3 Å². The lowest BCUT2D eigenvalue weighted by Gasteiger charge is -2.07. The largest absolute Gasteiger partial charge is 0.355 e. The van der Waals surface area contributed by atoms with E-state index in [4.69, 9.17) is 0 Å². The van der Waals surface area contributed by atoms with Gasteiger partial charge in [0.25, 0.3) is 5.91 Å². The quantitative estimate of drug-likeness (QED) is 0.645. The van der Waals surface area contributed by atoms with Crippen LogP contribution in [0.2, 0.25) is 0 Å². The van der Waals surface area contributed by atoms with Gasteiger partial charge in [-0.3, -0.25) is 9.59 Å². The molecule has 3 rings (SSSR count). The van der Waals surface area contributed by atoms with Gasteiger partial charge in [-0.2, -0.15) is 0 Å². The van der Waals surface area contributed by atoms with Gasteiger partial charge in [-0.1, -0.05) is 18.2 Å². The van der Waals surface area contributed by atoms with Gasteiger partial charge in [-0.15, -0.1) is 11.3 Å². The van der Waals surface area contributed by atoms with Crippen molar-refractivity contribution < 1.29 is 9.59 Å². The molecule has 24 heavy (non-hydrogen) atoms. The number of amides is 2. The Morgan fingerprint density at radius 1 is 1.12 bits per heavy atom. The molecule has 0 fully saturated rings. The number of hydrogen-bond acceptors (Lipinski definition) is 4. The molecule has 1 aromatic carbocycles. The van der Waals surface area contributed by atoms with Crippen LogP contribution in [-0.2, 0) is 11.3 Å². The number of carbonyl (C=O) groups excluding carboxylic acids is 2. The van der Waals surface area contributed by atoms with Crippen molar-refractivity contribution in [3.05, 3.63) is 53.0 Å². The third kappa shape index (κ3) is 3.99. The van der Waals surface area contributed by atoms with E-state index in [1.807, 2.05) is 36.0 Å². The fourth-order valence-corrected chi connectivity index (χ4v) is 3.02. The summed E-state index contributed by atoms with van der Waals surface area (Å²) in [6.07, 6.45) is 2.61. The first-order valence-electron chi connectivity index (χ1n) is 7.72. The summed E-state index contributed by atoms with van der Waals surface area (Å²) in [5.74, 6) is -0.402. The van der Waals surface area contributed by atoms with E-state index in [1.54, 1.807) is 12.1 Å². The van der Waals surface area contributed by atoms with Crippen molar-refractivity contribution in [2.45, 2.75) is 13.0 Å². The summed E-state index contributed by atoms with van der Waals surface area (Å²) in [6, 6.07) is 11.5. The van der Waals surface area contributed by atoms with Gasteiger partial charge in [-0.05, 0) is 30.0 Å². The first-order chi connectivity index (χ1) is 11.7. The number of aryl methyl sites for hydroxylation is 1. The summed E-state index contributed by atoms with van der Waals surface area (Å²) < 4.78 is 2.07. The smallest absolute Gasteiger partial charge is 0.261 e. The average molecular weight is 342 g/mol. The maximum absolute atomic E-state index is 11.7. The van der Waals surface area contributed by atoms with Crippen LogP contribution < -0.4 is 10.6 Å². The minimum absolute atomic E-state index is 0.00919. The molecular formula is C17H18N4O2S. The van der Waals surface area contributed by atoms with E-state index >= 15 is 0 Å². The Kier molecular flexibility index (Phi) is 5.22. The Hall–Kier alpha value is -2.67. The minimum Gasteiger partial charge on any atom is -0.355 e. The van der Waals surface area contributed by atoms with Crippen LogP contribution in [0.1, 0.15) is 16.1 Å². The van der Waals surface area contributed by atoms with Crippen LogP contribution in [0.15, 0.2) is 48.1 Å². The molecule has 0 aliphatic heterocycles. The fraction of sp³-hybridized carbons (Fsp3) is 0.235. The number of benzene rings is 1. The molecule has 2 N–H and O–H groups in total. The van der Waals surface area contributed by atoms with Crippen molar-refractivity contribution in [1.29, 1.82) is 0 Å². The highest BCUT2D eigenvalue weighted by atomic mass is 32.1. The standard InChI is InChI=1S/C17H18N4O2S/c22-16(11-19-17(23)15-7-3-10-24-15)18-8-4-9-21-12-20-13-5-1-2-6-14(13)21/h1-3,5-7,10,12H,4,8-9,11H2,(H,18,22)(H,19,23). The molecule has 2 amide bonds. The van der Waals surface area contributed by atoms with E-state index in [9.17, 15) is 9.59 Å². The number of fused-ring (bicyclic) bond motifs is 1. The summed E-state index contributed by atoms with van der Waals surface area (Å²) in [7, 11) is 0. The second kappa shape index (κ2) is 7.74. The van der Waals surface area contributed by atoms with Gasteiger partial charge < -0.3 is 15.2 Å². The second-order valence-electron chi connectivity index (χ2n) is 5.29. The number of aromatic nitrogens is 2. The van der Waals surface area contributed by atoms with Gasteiger partial charge in [-0.25, -0.2) is 4.98 Å². The SMILES string of the molecule is O=C(CNC(=O)c1cccs1)NCCCn1cnc2ccccc21. The molecule has 0 aliphatic carbocycles. The zero-order chi connectivity index (χ0) is 16.8. The molecule has 0 spiro atoms. The molecular weight excluding hydrogens is 324 g/mol. The van der Waals surface area contributed by atoms with Gasteiger partial charge in [0, 0.05) is 13.1 Å². The van der Waals surface area contributed by atoms with Crippen LogP contribution in [0.25, 0.3) is 11.0 Å². The highest BCUT2D eigenvalue weighted by Gasteiger charge is 2.08. The van der Waals surface area contributed by atoms with Crippen LogP contribution in [0.5, 0.6) is 0 Å². The van der Waals surface area contributed by atoms with Gasteiger partial charge >= 0.3 is 0 Å². The highest BCUT2D eigenvalue weighted by molar-refractivity contribution is 7.12. The summed E-state index contributed by atoms with van der Waals surface area (Å²) in [5.41, 5.74) is 2.06. The zero-order valence-corrected chi connectivity index (χ0v) is 13.9. The molecule has 0 saturated heterocycles. The first-order valence-corrected chi connectivity index (χ1v) is 8.60. The Labute approximate surface area is 143 Å². The number of carbonyl (C=O) groups is 2. The summed E-state index contributed by atoms with van der Waals surface area (Å²) in [6.45, 7) is 1.33. The Morgan fingerprint density at radius 3 is 2.83 bits per heavy atom. The Bertz CT molecular complexity index is 826. The topological polar surface area (TPSA) is 76.0 Å². The molecule has 124 valence electrons. The molecule has 2 aromatic heterocycles. The van der Waals surface area contributed by atoms with Crippen LogP contribution >= 0.6 is 11.3 Å². The molecule has 7 heteroatoms. The molecule has 0 bridgehead atoms. The minimum atomic E-state index is -0.218. The van der Waals surface area contributed by atoms with Crippen molar-refractivity contribution in [3.63, 3.8) is 0 Å².